The molecule has 1 aromatic heterocycles. The minimum atomic E-state index is 0.00298. The first-order valence-electron chi connectivity index (χ1n) is 11.9. The Kier molecular flexibility index (Phi) is 6.59. The summed E-state index contributed by atoms with van der Waals surface area (Å²) in [6.07, 6.45) is 0. The van der Waals surface area contributed by atoms with E-state index in [1.807, 2.05) is 58.9 Å². The lowest BCUT2D eigenvalue weighted by atomic mass is 10.0. The molecule has 0 N–H and O–H groups in total. The van der Waals surface area contributed by atoms with Crippen molar-refractivity contribution in [3.8, 4) is 34.0 Å². The predicted octanol–water partition coefficient (Wildman–Crippen LogP) is 4.06. The molecule has 1 saturated heterocycles. The number of hydrogen-bond acceptors (Lipinski definition) is 5. The Balaban J connectivity index is 1.39. The lowest BCUT2D eigenvalue weighted by Gasteiger charge is -2.32. The molecule has 7 heteroatoms. The molecule has 4 aromatic rings. The summed E-state index contributed by atoms with van der Waals surface area (Å²) in [4.78, 5) is 16.8. The van der Waals surface area contributed by atoms with Crippen molar-refractivity contribution in [3.05, 3.63) is 84.7 Å². The van der Waals surface area contributed by atoms with Gasteiger partial charge in [-0.3, -0.25) is 9.36 Å². The molecule has 0 atom stereocenters. The fraction of sp³-hybridized carbons (Fsp3) is 0.250. The minimum Gasteiger partial charge on any atom is -0.482 e. The molecule has 3 aromatic carbocycles. The van der Waals surface area contributed by atoms with Crippen molar-refractivity contribution in [2.24, 2.45) is 0 Å². The summed E-state index contributed by atoms with van der Waals surface area (Å²) in [5.41, 5.74) is 4.07. The molecular formula is C28H29N5O2. The van der Waals surface area contributed by atoms with Gasteiger partial charge in [-0.25, -0.2) is 0 Å². The smallest absolute Gasteiger partial charge is 0.260 e. The molecule has 178 valence electrons. The SMILES string of the molecule is Cc1nnc(-c2ccc(-c3ccccc3)cc2)n1-c1ccccc1OCC(=O)N1CCN(C)CC1. The maximum atomic E-state index is 12.7. The zero-order chi connectivity index (χ0) is 24.2. The van der Waals surface area contributed by atoms with Crippen LogP contribution in [-0.2, 0) is 4.79 Å². The molecule has 1 aliphatic rings. The number of likely N-dealkylation sites (N-methyl/N-ethyl adjacent to an activating group) is 1. The highest BCUT2D eigenvalue weighted by atomic mass is 16.5. The van der Waals surface area contributed by atoms with Crippen LogP contribution in [0.4, 0.5) is 0 Å². The van der Waals surface area contributed by atoms with E-state index < -0.39 is 0 Å². The van der Waals surface area contributed by atoms with Crippen LogP contribution in [0.25, 0.3) is 28.2 Å². The highest BCUT2D eigenvalue weighted by molar-refractivity contribution is 5.78. The maximum Gasteiger partial charge on any atom is 0.260 e. The van der Waals surface area contributed by atoms with E-state index in [0.29, 0.717) is 5.75 Å². The number of benzene rings is 3. The third-order valence-corrected chi connectivity index (χ3v) is 6.39. The number of aromatic nitrogens is 3. The van der Waals surface area contributed by atoms with Gasteiger partial charge in [0.25, 0.3) is 5.91 Å². The van der Waals surface area contributed by atoms with E-state index in [1.165, 1.54) is 5.56 Å². The summed E-state index contributed by atoms with van der Waals surface area (Å²) in [5.74, 6) is 2.10. The molecule has 0 spiro atoms. The Hall–Kier alpha value is -3.97. The topological polar surface area (TPSA) is 63.5 Å². The van der Waals surface area contributed by atoms with Crippen molar-refractivity contribution in [3.63, 3.8) is 0 Å². The van der Waals surface area contributed by atoms with E-state index in [2.05, 4.69) is 58.5 Å². The molecule has 5 rings (SSSR count). The highest BCUT2D eigenvalue weighted by Gasteiger charge is 2.21. The monoisotopic (exact) mass is 467 g/mol. The summed E-state index contributed by atoms with van der Waals surface area (Å²) in [7, 11) is 2.07. The first kappa shape index (κ1) is 22.8. The second kappa shape index (κ2) is 10.1. The maximum absolute atomic E-state index is 12.7. The molecule has 1 aliphatic heterocycles. The first-order valence-corrected chi connectivity index (χ1v) is 11.9. The van der Waals surface area contributed by atoms with Gasteiger partial charge in [0.15, 0.2) is 12.4 Å². The van der Waals surface area contributed by atoms with Gasteiger partial charge >= 0.3 is 0 Å². The van der Waals surface area contributed by atoms with Gasteiger partial charge in [-0.2, -0.15) is 0 Å². The molecule has 0 unspecified atom stereocenters. The van der Waals surface area contributed by atoms with Crippen LogP contribution in [0.2, 0.25) is 0 Å². The van der Waals surface area contributed by atoms with Gasteiger partial charge in [-0.1, -0.05) is 66.7 Å². The minimum absolute atomic E-state index is 0.00298. The van der Waals surface area contributed by atoms with Crippen molar-refractivity contribution in [2.45, 2.75) is 6.92 Å². The Morgan fingerprint density at radius 1 is 0.800 bits per heavy atom. The van der Waals surface area contributed by atoms with Crippen LogP contribution in [0.15, 0.2) is 78.9 Å². The second-order valence-corrected chi connectivity index (χ2v) is 8.79. The number of para-hydroxylation sites is 2. The summed E-state index contributed by atoms with van der Waals surface area (Å²) in [6, 6.07) is 26.3. The van der Waals surface area contributed by atoms with Crippen LogP contribution >= 0.6 is 0 Å². The average molecular weight is 468 g/mol. The number of piperazine rings is 1. The Bertz CT molecular complexity index is 1290. The third-order valence-electron chi connectivity index (χ3n) is 6.39. The largest absolute Gasteiger partial charge is 0.482 e. The van der Waals surface area contributed by atoms with Crippen LogP contribution in [0.3, 0.4) is 0 Å². The second-order valence-electron chi connectivity index (χ2n) is 8.79. The van der Waals surface area contributed by atoms with Gasteiger partial charge in [0.1, 0.15) is 11.6 Å². The van der Waals surface area contributed by atoms with E-state index in [4.69, 9.17) is 4.74 Å². The molecule has 0 radical (unpaired) electrons. The lowest BCUT2D eigenvalue weighted by molar-refractivity contribution is -0.134. The van der Waals surface area contributed by atoms with Gasteiger partial charge in [0, 0.05) is 31.7 Å². The van der Waals surface area contributed by atoms with Crippen molar-refractivity contribution in [2.75, 3.05) is 39.8 Å². The summed E-state index contributed by atoms with van der Waals surface area (Å²) in [5, 5.41) is 8.80. The fourth-order valence-corrected chi connectivity index (χ4v) is 4.33. The van der Waals surface area contributed by atoms with Crippen LogP contribution in [0.5, 0.6) is 5.75 Å². The Morgan fingerprint density at radius 2 is 1.43 bits per heavy atom. The number of carbonyl (C=O) groups excluding carboxylic acids is 1. The third kappa shape index (κ3) is 4.95. The van der Waals surface area contributed by atoms with Gasteiger partial charge in [0.2, 0.25) is 0 Å². The molecule has 35 heavy (non-hydrogen) atoms. The van der Waals surface area contributed by atoms with Gasteiger partial charge < -0.3 is 14.5 Å². The number of ether oxygens (including phenoxy) is 1. The quantitative estimate of drug-likeness (QED) is 0.428. The Labute approximate surface area is 205 Å². The van der Waals surface area contributed by atoms with Crippen molar-refractivity contribution < 1.29 is 9.53 Å². The van der Waals surface area contributed by atoms with Crippen molar-refractivity contribution in [1.29, 1.82) is 0 Å². The molecule has 0 saturated carbocycles. The number of nitrogens with zero attached hydrogens (tertiary/aromatic N) is 5. The van der Waals surface area contributed by atoms with E-state index in [0.717, 1.165) is 54.6 Å². The number of rotatable bonds is 6. The van der Waals surface area contributed by atoms with Crippen LogP contribution < -0.4 is 4.74 Å². The lowest BCUT2D eigenvalue weighted by Crippen LogP contribution is -2.48. The van der Waals surface area contributed by atoms with E-state index in [9.17, 15) is 4.79 Å². The van der Waals surface area contributed by atoms with Gasteiger partial charge in [0.05, 0.1) is 5.69 Å². The zero-order valence-electron chi connectivity index (χ0n) is 20.1. The van der Waals surface area contributed by atoms with E-state index >= 15 is 0 Å². The molecular weight excluding hydrogens is 438 g/mol. The molecule has 2 heterocycles. The van der Waals surface area contributed by atoms with Crippen LogP contribution in [0.1, 0.15) is 5.82 Å². The number of aryl methyl sites for hydroxylation is 1. The fourth-order valence-electron chi connectivity index (χ4n) is 4.33. The molecule has 1 amide bonds. The van der Waals surface area contributed by atoms with Crippen molar-refractivity contribution >= 4 is 5.91 Å². The Morgan fingerprint density at radius 3 is 2.17 bits per heavy atom. The molecule has 7 nitrogen and oxygen atoms in total. The average Bonchev–Trinajstić information content (AvgIpc) is 3.29. The number of amides is 1. The highest BCUT2D eigenvalue weighted by Crippen LogP contribution is 2.30. The number of hydrogen-bond donors (Lipinski definition) is 0. The predicted molar refractivity (Wildman–Crippen MR) is 137 cm³/mol. The molecule has 1 fully saturated rings. The standard InChI is InChI=1S/C28H29N5O2/c1-21-29-30-28(24-14-12-23(13-15-24)22-8-4-3-5-9-22)33(21)25-10-6-7-11-26(25)35-20-27(34)32-18-16-31(2)17-19-32/h3-15H,16-20H2,1-2H3. The van der Waals surface area contributed by atoms with E-state index in [-0.39, 0.29) is 12.5 Å². The van der Waals surface area contributed by atoms with Crippen LogP contribution in [-0.4, -0.2) is 70.3 Å². The summed E-state index contributed by atoms with van der Waals surface area (Å²) >= 11 is 0. The summed E-state index contributed by atoms with van der Waals surface area (Å²) < 4.78 is 8.02. The molecule has 0 aliphatic carbocycles. The molecule has 0 bridgehead atoms. The van der Waals surface area contributed by atoms with E-state index in [1.54, 1.807) is 0 Å². The summed E-state index contributed by atoms with van der Waals surface area (Å²) in [6.45, 7) is 5.15. The zero-order valence-corrected chi connectivity index (χ0v) is 20.1. The van der Waals surface area contributed by atoms with Crippen molar-refractivity contribution in [1.82, 2.24) is 24.6 Å². The first-order chi connectivity index (χ1) is 17.1. The van der Waals surface area contributed by atoms with Crippen LogP contribution in [0, 0.1) is 6.92 Å². The van der Waals surface area contributed by atoms with Gasteiger partial charge in [-0.15, -0.1) is 10.2 Å². The van der Waals surface area contributed by atoms with Gasteiger partial charge in [-0.05, 0) is 37.2 Å². The normalized spacial score (nSPS) is 14.2. The number of carbonyl (C=O) groups is 1.